The molecule has 1 aromatic carbocycles. The molecule has 0 saturated carbocycles. The lowest BCUT2D eigenvalue weighted by Crippen LogP contribution is -2.26. The quantitative estimate of drug-likeness (QED) is 0.0548. The minimum absolute atomic E-state index is 0.309. The van der Waals surface area contributed by atoms with Gasteiger partial charge in [0.15, 0.2) is 17.9 Å². The van der Waals surface area contributed by atoms with Crippen molar-refractivity contribution in [2.45, 2.75) is 149 Å². The van der Waals surface area contributed by atoms with Crippen molar-refractivity contribution < 1.29 is 14.2 Å². The molecule has 0 aliphatic rings. The normalized spacial score (nSPS) is 11.4. The number of ether oxygens (including phenoxy) is 3. The van der Waals surface area contributed by atoms with Crippen LogP contribution in [0.2, 0.25) is 0 Å². The first-order chi connectivity index (χ1) is 23.3. The standard InChI is InChI=1S/C40H62N4O3/c1-3-5-7-9-11-13-15-17-19-21-29-45-38(46-30-22-20-18-16-14-12-10-8-6-4-2)34-47-37-32-35(39-41-25-23-26-42-39)31-36(33-37)40-43-27-24-28-44-40/h23-28,31-33,38H,3-22,29-30,34H2,1-2H3. The van der Waals surface area contributed by atoms with Crippen LogP contribution in [0.1, 0.15) is 142 Å². The summed E-state index contributed by atoms with van der Waals surface area (Å²) in [7, 11) is 0. The molecule has 0 aliphatic carbocycles. The fourth-order valence-electron chi connectivity index (χ4n) is 5.75. The Hall–Kier alpha value is -2.90. The highest BCUT2D eigenvalue weighted by Gasteiger charge is 2.14. The third kappa shape index (κ3) is 17.7. The minimum atomic E-state index is -0.416. The first-order valence-corrected chi connectivity index (χ1v) is 18.9. The van der Waals surface area contributed by atoms with E-state index < -0.39 is 6.29 Å². The van der Waals surface area contributed by atoms with E-state index in [4.69, 9.17) is 14.2 Å². The van der Waals surface area contributed by atoms with Crippen LogP contribution in [0.25, 0.3) is 22.8 Å². The molecular weight excluding hydrogens is 584 g/mol. The molecule has 0 atom stereocenters. The van der Waals surface area contributed by atoms with Crippen LogP contribution in [0.5, 0.6) is 5.75 Å². The number of nitrogens with zero attached hydrogens (tertiary/aromatic N) is 4. The largest absolute Gasteiger partial charge is 0.488 e. The minimum Gasteiger partial charge on any atom is -0.488 e. The smallest absolute Gasteiger partial charge is 0.191 e. The van der Waals surface area contributed by atoms with Crippen LogP contribution in [0.3, 0.4) is 0 Å². The van der Waals surface area contributed by atoms with Gasteiger partial charge in [0, 0.05) is 49.1 Å². The number of hydrogen-bond acceptors (Lipinski definition) is 7. The SMILES string of the molecule is CCCCCCCCCCCCOC(COc1cc(-c2ncccn2)cc(-c2ncccn2)c1)OCCCCCCCCCCCC. The fraction of sp³-hybridized carbons (Fsp3) is 0.650. The molecule has 0 saturated heterocycles. The van der Waals surface area contributed by atoms with Gasteiger partial charge in [-0.1, -0.05) is 129 Å². The molecule has 0 spiro atoms. The summed E-state index contributed by atoms with van der Waals surface area (Å²) in [6, 6.07) is 9.55. The van der Waals surface area contributed by atoms with Gasteiger partial charge < -0.3 is 14.2 Å². The average molecular weight is 647 g/mol. The predicted molar refractivity (Wildman–Crippen MR) is 193 cm³/mol. The van der Waals surface area contributed by atoms with Crippen molar-refractivity contribution in [2.24, 2.45) is 0 Å². The molecule has 0 unspecified atom stereocenters. The van der Waals surface area contributed by atoms with E-state index in [1.54, 1.807) is 24.8 Å². The maximum absolute atomic E-state index is 6.33. The van der Waals surface area contributed by atoms with Gasteiger partial charge in [-0.15, -0.1) is 0 Å². The molecule has 2 heterocycles. The summed E-state index contributed by atoms with van der Waals surface area (Å²) in [6.07, 6.45) is 32.6. The third-order valence-electron chi connectivity index (χ3n) is 8.54. The third-order valence-corrected chi connectivity index (χ3v) is 8.54. The zero-order valence-corrected chi connectivity index (χ0v) is 29.6. The first kappa shape index (κ1) is 38.5. The number of rotatable bonds is 29. The van der Waals surface area contributed by atoms with Gasteiger partial charge >= 0.3 is 0 Å². The molecule has 260 valence electrons. The second-order valence-electron chi connectivity index (χ2n) is 12.7. The van der Waals surface area contributed by atoms with Crippen molar-refractivity contribution in [3.8, 4) is 28.5 Å². The van der Waals surface area contributed by atoms with Gasteiger partial charge in [0.2, 0.25) is 0 Å². The molecule has 0 radical (unpaired) electrons. The highest BCUT2D eigenvalue weighted by atomic mass is 16.7. The van der Waals surface area contributed by atoms with E-state index >= 15 is 0 Å². The van der Waals surface area contributed by atoms with Gasteiger partial charge in [0.1, 0.15) is 12.4 Å². The lowest BCUT2D eigenvalue weighted by atomic mass is 10.1. The van der Waals surface area contributed by atoms with Gasteiger partial charge in [-0.2, -0.15) is 0 Å². The van der Waals surface area contributed by atoms with Crippen LogP contribution in [0, 0.1) is 0 Å². The number of hydrogen-bond donors (Lipinski definition) is 0. The lowest BCUT2D eigenvalue weighted by Gasteiger charge is -2.20. The molecular formula is C40H62N4O3. The Kier molecular flexibility index (Phi) is 21.4. The molecule has 3 rings (SSSR count). The van der Waals surface area contributed by atoms with Crippen LogP contribution in [-0.2, 0) is 9.47 Å². The summed E-state index contributed by atoms with van der Waals surface area (Å²) < 4.78 is 18.9. The Morgan fingerprint density at radius 2 is 0.830 bits per heavy atom. The molecule has 0 aliphatic heterocycles. The molecule has 0 N–H and O–H groups in total. The van der Waals surface area contributed by atoms with Gasteiger partial charge in [-0.05, 0) is 43.2 Å². The molecule has 7 nitrogen and oxygen atoms in total. The van der Waals surface area contributed by atoms with Gasteiger partial charge in [0.25, 0.3) is 0 Å². The maximum Gasteiger partial charge on any atom is 0.191 e. The topological polar surface area (TPSA) is 79.3 Å². The van der Waals surface area contributed by atoms with Crippen molar-refractivity contribution in [1.29, 1.82) is 0 Å². The van der Waals surface area contributed by atoms with E-state index in [0.717, 1.165) is 24.0 Å². The first-order valence-electron chi connectivity index (χ1n) is 18.9. The van der Waals surface area contributed by atoms with Gasteiger partial charge in [0.05, 0.1) is 0 Å². The summed E-state index contributed by atoms with van der Waals surface area (Å²) in [5.41, 5.74) is 1.69. The lowest BCUT2D eigenvalue weighted by molar-refractivity contribution is -0.159. The Labute approximate surface area is 285 Å². The summed E-state index contributed by atoms with van der Waals surface area (Å²) >= 11 is 0. The maximum atomic E-state index is 6.33. The van der Waals surface area contributed by atoms with Crippen LogP contribution in [0.4, 0.5) is 0 Å². The van der Waals surface area contributed by atoms with Crippen LogP contribution in [-0.4, -0.2) is 46.0 Å². The van der Waals surface area contributed by atoms with E-state index in [0.29, 0.717) is 37.2 Å². The Morgan fingerprint density at radius 1 is 0.468 bits per heavy atom. The van der Waals surface area contributed by atoms with Gasteiger partial charge in [-0.25, -0.2) is 19.9 Å². The van der Waals surface area contributed by atoms with Crippen LogP contribution < -0.4 is 4.74 Å². The van der Waals surface area contributed by atoms with Crippen LogP contribution in [0.15, 0.2) is 55.1 Å². The van der Waals surface area contributed by atoms with E-state index in [1.165, 1.54) is 116 Å². The molecule has 0 amide bonds. The summed E-state index contributed by atoms with van der Waals surface area (Å²) in [6.45, 7) is 6.23. The second-order valence-corrected chi connectivity index (χ2v) is 12.7. The highest BCUT2D eigenvalue weighted by molar-refractivity contribution is 5.68. The van der Waals surface area contributed by atoms with E-state index in [2.05, 4.69) is 33.8 Å². The number of benzene rings is 1. The zero-order chi connectivity index (χ0) is 33.0. The molecule has 3 aromatic rings. The molecule has 0 fully saturated rings. The monoisotopic (exact) mass is 646 g/mol. The van der Waals surface area contributed by atoms with Gasteiger partial charge in [-0.3, -0.25) is 0 Å². The Balaban J connectivity index is 1.49. The van der Waals surface area contributed by atoms with E-state index in [9.17, 15) is 0 Å². The Bertz CT molecular complexity index is 1060. The molecule has 47 heavy (non-hydrogen) atoms. The zero-order valence-electron chi connectivity index (χ0n) is 29.6. The highest BCUT2D eigenvalue weighted by Crippen LogP contribution is 2.28. The number of aromatic nitrogens is 4. The van der Waals surface area contributed by atoms with Crippen molar-refractivity contribution in [1.82, 2.24) is 19.9 Å². The summed E-state index contributed by atoms with van der Waals surface area (Å²) in [5.74, 6) is 1.94. The molecule has 2 aromatic heterocycles. The summed E-state index contributed by atoms with van der Waals surface area (Å²) in [5, 5.41) is 0. The predicted octanol–water partition coefficient (Wildman–Crippen LogP) is 11.2. The second kappa shape index (κ2) is 26.1. The Morgan fingerprint density at radius 3 is 1.21 bits per heavy atom. The van der Waals surface area contributed by atoms with Crippen molar-refractivity contribution in [3.63, 3.8) is 0 Å². The van der Waals surface area contributed by atoms with E-state index in [1.807, 2.05) is 30.3 Å². The van der Waals surface area contributed by atoms with Crippen molar-refractivity contribution in [3.05, 3.63) is 55.1 Å². The van der Waals surface area contributed by atoms with Crippen molar-refractivity contribution >= 4 is 0 Å². The fourth-order valence-corrected chi connectivity index (χ4v) is 5.75. The van der Waals surface area contributed by atoms with Crippen LogP contribution >= 0.6 is 0 Å². The summed E-state index contributed by atoms with van der Waals surface area (Å²) in [4.78, 5) is 17.8. The number of unbranched alkanes of at least 4 members (excludes halogenated alkanes) is 18. The molecule has 0 bridgehead atoms. The average Bonchev–Trinajstić information content (AvgIpc) is 3.12. The molecule has 7 heteroatoms. The van der Waals surface area contributed by atoms with E-state index in [-0.39, 0.29) is 0 Å². The van der Waals surface area contributed by atoms with Crippen molar-refractivity contribution in [2.75, 3.05) is 19.8 Å².